The predicted molar refractivity (Wildman–Crippen MR) is 67.3 cm³/mol. The summed E-state index contributed by atoms with van der Waals surface area (Å²) < 4.78 is 5.84. The van der Waals surface area contributed by atoms with E-state index in [9.17, 15) is 0 Å². The number of ether oxygens (including phenoxy) is 1. The molecule has 2 rings (SSSR count). The van der Waals surface area contributed by atoms with Crippen molar-refractivity contribution in [1.82, 2.24) is 4.90 Å². The fourth-order valence-corrected chi connectivity index (χ4v) is 2.33. The molecule has 1 aliphatic heterocycles. The monoisotopic (exact) mass is 217 g/mol. The van der Waals surface area contributed by atoms with Crippen LogP contribution in [0.3, 0.4) is 0 Å². The van der Waals surface area contributed by atoms with Gasteiger partial charge in [-0.25, -0.2) is 0 Å². The van der Waals surface area contributed by atoms with Gasteiger partial charge >= 0.3 is 0 Å². The second-order valence-corrected chi connectivity index (χ2v) is 4.49. The Labute approximate surface area is 97.6 Å². The van der Waals surface area contributed by atoms with Crippen molar-refractivity contribution in [3.05, 3.63) is 49.1 Å². The third kappa shape index (κ3) is 2.04. The number of hydrogen-bond acceptors (Lipinski definition) is 2. The molecule has 0 N–H and O–H groups in total. The van der Waals surface area contributed by atoms with Gasteiger partial charge in [-0.15, -0.1) is 13.2 Å². The normalized spacial score (nSPS) is 30.9. The third-order valence-corrected chi connectivity index (χ3v) is 3.12. The number of epoxide rings is 1. The molecule has 86 valence electrons. The molecule has 0 amide bonds. The SMILES string of the molecule is C=CCN(CC=C)CC12C=CC=C(C)C1O2. The van der Waals surface area contributed by atoms with Gasteiger partial charge in [0.1, 0.15) is 11.7 Å². The van der Waals surface area contributed by atoms with Gasteiger partial charge in [-0.2, -0.15) is 0 Å². The smallest absolute Gasteiger partial charge is 0.130 e. The Morgan fingerprint density at radius 2 is 2.12 bits per heavy atom. The van der Waals surface area contributed by atoms with Crippen LogP contribution < -0.4 is 0 Å². The summed E-state index contributed by atoms with van der Waals surface area (Å²) in [5, 5.41) is 0. The quantitative estimate of drug-likeness (QED) is 0.501. The predicted octanol–water partition coefficient (Wildman–Crippen LogP) is 2.31. The van der Waals surface area contributed by atoms with Crippen molar-refractivity contribution in [2.75, 3.05) is 19.6 Å². The highest BCUT2D eigenvalue weighted by Crippen LogP contribution is 2.45. The van der Waals surface area contributed by atoms with E-state index in [1.165, 1.54) is 5.57 Å². The van der Waals surface area contributed by atoms with Crippen LogP contribution in [-0.4, -0.2) is 36.2 Å². The van der Waals surface area contributed by atoms with E-state index >= 15 is 0 Å². The molecule has 0 spiro atoms. The fraction of sp³-hybridized carbons (Fsp3) is 0.429. The zero-order valence-electron chi connectivity index (χ0n) is 9.86. The van der Waals surface area contributed by atoms with Crippen LogP contribution in [0.15, 0.2) is 49.1 Å². The molecule has 0 radical (unpaired) electrons. The zero-order valence-corrected chi connectivity index (χ0v) is 9.86. The number of allylic oxidation sites excluding steroid dienone is 2. The topological polar surface area (TPSA) is 15.8 Å². The molecule has 1 saturated heterocycles. The summed E-state index contributed by atoms with van der Waals surface area (Å²) in [7, 11) is 0. The molecule has 0 saturated carbocycles. The molecule has 1 aliphatic carbocycles. The van der Waals surface area contributed by atoms with Crippen LogP contribution in [0.25, 0.3) is 0 Å². The van der Waals surface area contributed by atoms with Gasteiger partial charge in [0, 0.05) is 19.6 Å². The summed E-state index contributed by atoms with van der Waals surface area (Å²) in [4.78, 5) is 2.29. The first kappa shape index (κ1) is 11.4. The Bertz CT molecular complexity index is 346. The maximum absolute atomic E-state index is 5.84. The van der Waals surface area contributed by atoms with Crippen LogP contribution >= 0.6 is 0 Å². The van der Waals surface area contributed by atoms with Gasteiger partial charge in [0.2, 0.25) is 0 Å². The summed E-state index contributed by atoms with van der Waals surface area (Å²) in [6.07, 6.45) is 10.5. The lowest BCUT2D eigenvalue weighted by atomic mass is 9.94. The maximum Gasteiger partial charge on any atom is 0.130 e. The van der Waals surface area contributed by atoms with Gasteiger partial charge in [-0.1, -0.05) is 24.3 Å². The molecule has 0 aromatic carbocycles. The van der Waals surface area contributed by atoms with Crippen LogP contribution in [0.4, 0.5) is 0 Å². The van der Waals surface area contributed by atoms with Crippen molar-refractivity contribution in [3.8, 4) is 0 Å². The van der Waals surface area contributed by atoms with Gasteiger partial charge in [0.25, 0.3) is 0 Å². The maximum atomic E-state index is 5.84. The molecule has 2 atom stereocenters. The van der Waals surface area contributed by atoms with Gasteiger partial charge < -0.3 is 4.74 Å². The van der Waals surface area contributed by atoms with E-state index in [1.807, 2.05) is 12.2 Å². The second kappa shape index (κ2) is 4.40. The van der Waals surface area contributed by atoms with E-state index < -0.39 is 0 Å². The van der Waals surface area contributed by atoms with Crippen molar-refractivity contribution in [2.45, 2.75) is 18.6 Å². The molecule has 2 heteroatoms. The van der Waals surface area contributed by atoms with Crippen molar-refractivity contribution < 1.29 is 4.74 Å². The number of fused-ring (bicyclic) bond motifs is 1. The summed E-state index contributed by atoms with van der Waals surface area (Å²) in [6.45, 7) is 12.4. The van der Waals surface area contributed by atoms with Crippen LogP contribution in [0.5, 0.6) is 0 Å². The Kier molecular flexibility index (Phi) is 3.13. The Morgan fingerprint density at radius 3 is 2.75 bits per heavy atom. The number of hydrogen-bond donors (Lipinski definition) is 0. The van der Waals surface area contributed by atoms with Crippen LogP contribution in [0.2, 0.25) is 0 Å². The molecule has 2 aliphatic rings. The second-order valence-electron chi connectivity index (χ2n) is 4.49. The number of nitrogens with zero attached hydrogens (tertiary/aromatic N) is 1. The Hall–Kier alpha value is -1.12. The lowest BCUT2D eigenvalue weighted by Gasteiger charge is -2.22. The molecule has 0 aromatic rings. The van der Waals surface area contributed by atoms with Crippen LogP contribution in [-0.2, 0) is 4.74 Å². The molecule has 2 nitrogen and oxygen atoms in total. The minimum absolute atomic E-state index is 0.0785. The van der Waals surface area contributed by atoms with Gasteiger partial charge in [-0.05, 0) is 18.6 Å². The fourth-order valence-electron chi connectivity index (χ4n) is 2.33. The molecular formula is C14H19NO. The first-order chi connectivity index (χ1) is 7.72. The van der Waals surface area contributed by atoms with Crippen LogP contribution in [0.1, 0.15) is 6.92 Å². The lowest BCUT2D eigenvalue weighted by Crippen LogP contribution is -2.36. The van der Waals surface area contributed by atoms with E-state index in [1.54, 1.807) is 0 Å². The van der Waals surface area contributed by atoms with Crippen molar-refractivity contribution in [3.63, 3.8) is 0 Å². The Morgan fingerprint density at radius 1 is 1.44 bits per heavy atom. The Balaban J connectivity index is 1.99. The molecule has 1 fully saturated rings. The van der Waals surface area contributed by atoms with E-state index in [4.69, 9.17) is 4.74 Å². The van der Waals surface area contributed by atoms with E-state index in [2.05, 4.69) is 43.2 Å². The minimum atomic E-state index is -0.0785. The standard InChI is InChI=1S/C14H19NO/c1-4-9-15(10-5-2)11-14-8-6-7-12(3)13(14)16-14/h4-8,13H,1-2,9-11H2,3H3. The largest absolute Gasteiger partial charge is 0.355 e. The zero-order chi connectivity index (χ0) is 11.6. The average Bonchev–Trinajstić information content (AvgIpc) is 2.95. The number of rotatable bonds is 6. The highest BCUT2D eigenvalue weighted by molar-refractivity contribution is 5.37. The molecule has 0 aromatic heterocycles. The minimum Gasteiger partial charge on any atom is -0.355 e. The molecule has 0 bridgehead atoms. The molecule has 16 heavy (non-hydrogen) atoms. The van der Waals surface area contributed by atoms with Crippen molar-refractivity contribution in [1.29, 1.82) is 0 Å². The summed E-state index contributed by atoms with van der Waals surface area (Å²) >= 11 is 0. The molecular weight excluding hydrogens is 198 g/mol. The van der Waals surface area contributed by atoms with Crippen LogP contribution in [0, 0.1) is 0 Å². The highest BCUT2D eigenvalue weighted by Gasteiger charge is 2.56. The highest BCUT2D eigenvalue weighted by atomic mass is 16.6. The van der Waals surface area contributed by atoms with Gasteiger partial charge in [0.15, 0.2) is 0 Å². The summed E-state index contributed by atoms with van der Waals surface area (Å²) in [6, 6.07) is 0. The van der Waals surface area contributed by atoms with E-state index in [-0.39, 0.29) is 11.7 Å². The summed E-state index contributed by atoms with van der Waals surface area (Å²) in [5.41, 5.74) is 1.24. The van der Waals surface area contributed by atoms with Gasteiger partial charge in [-0.3, -0.25) is 4.90 Å². The first-order valence-electron chi connectivity index (χ1n) is 5.70. The molecule has 1 heterocycles. The summed E-state index contributed by atoms with van der Waals surface area (Å²) in [5.74, 6) is 0. The third-order valence-electron chi connectivity index (χ3n) is 3.12. The van der Waals surface area contributed by atoms with Gasteiger partial charge in [0.05, 0.1) is 0 Å². The van der Waals surface area contributed by atoms with Crippen molar-refractivity contribution >= 4 is 0 Å². The lowest BCUT2D eigenvalue weighted by molar-refractivity contribution is 0.242. The van der Waals surface area contributed by atoms with Crippen molar-refractivity contribution in [2.24, 2.45) is 0 Å². The van der Waals surface area contributed by atoms with E-state index in [0.717, 1.165) is 19.6 Å². The van der Waals surface area contributed by atoms with E-state index in [0.29, 0.717) is 0 Å². The first-order valence-corrected chi connectivity index (χ1v) is 5.70. The molecule has 2 unspecified atom stereocenters. The average molecular weight is 217 g/mol.